The summed E-state index contributed by atoms with van der Waals surface area (Å²) in [6.07, 6.45) is 0.928. The first kappa shape index (κ1) is 17.5. The van der Waals surface area contributed by atoms with E-state index in [1.807, 2.05) is 6.92 Å². The Balaban J connectivity index is 1.99. The number of amides is 3. The van der Waals surface area contributed by atoms with Crippen LogP contribution in [0.4, 0.5) is 10.5 Å². The second kappa shape index (κ2) is 7.60. The molecule has 1 atom stereocenters. The zero-order valence-electron chi connectivity index (χ0n) is 13.3. The van der Waals surface area contributed by atoms with Gasteiger partial charge in [0, 0.05) is 29.8 Å². The Morgan fingerprint density at radius 3 is 2.75 bits per heavy atom. The molecule has 0 aliphatic carbocycles. The number of urea groups is 1. The van der Waals surface area contributed by atoms with Crippen LogP contribution in [-0.2, 0) is 4.79 Å². The average Bonchev–Trinajstić information content (AvgIpc) is 2.50. The van der Waals surface area contributed by atoms with Crippen LogP contribution in [0.15, 0.2) is 33.5 Å². The molecule has 128 valence electrons. The van der Waals surface area contributed by atoms with Crippen LogP contribution in [0.5, 0.6) is 0 Å². The van der Waals surface area contributed by atoms with Crippen LogP contribution in [-0.4, -0.2) is 24.5 Å². The monoisotopic (exact) mass is 332 g/mol. The van der Waals surface area contributed by atoms with E-state index in [2.05, 4.69) is 10.6 Å². The number of nitrogens with two attached hydrogens (primary N) is 2. The summed E-state index contributed by atoms with van der Waals surface area (Å²) in [7, 11) is 0. The standard InChI is InChI=1S/C16H20N4O4/c1-9-7-14(21)24-13-8-10(4-5-11(9)13)20-15(22)12(17)3-2-6-19-16(18)23/h4-5,7-8,12H,2-3,6,17H2,1H3,(H,20,22)(H3,18,19,23). The lowest BCUT2D eigenvalue weighted by Crippen LogP contribution is -2.37. The Labute approximate surface area is 138 Å². The number of aryl methyl sites for hydroxylation is 1. The minimum atomic E-state index is -0.722. The number of anilines is 1. The summed E-state index contributed by atoms with van der Waals surface area (Å²) in [4.78, 5) is 34.0. The lowest BCUT2D eigenvalue weighted by molar-refractivity contribution is -0.117. The first-order chi connectivity index (χ1) is 11.4. The second-order valence-electron chi connectivity index (χ2n) is 5.49. The third-order valence-corrected chi connectivity index (χ3v) is 3.55. The Hall–Kier alpha value is -2.87. The van der Waals surface area contributed by atoms with Crippen LogP contribution >= 0.6 is 0 Å². The number of rotatable bonds is 6. The van der Waals surface area contributed by atoms with Gasteiger partial charge >= 0.3 is 11.7 Å². The summed E-state index contributed by atoms with van der Waals surface area (Å²) >= 11 is 0. The molecule has 0 saturated carbocycles. The molecule has 24 heavy (non-hydrogen) atoms. The molecule has 1 heterocycles. The molecule has 1 unspecified atom stereocenters. The Morgan fingerprint density at radius 2 is 2.04 bits per heavy atom. The van der Waals surface area contributed by atoms with Gasteiger partial charge in [0.25, 0.3) is 0 Å². The molecule has 8 nitrogen and oxygen atoms in total. The number of hydrogen-bond acceptors (Lipinski definition) is 5. The molecule has 0 spiro atoms. The van der Waals surface area contributed by atoms with Crippen molar-refractivity contribution in [3.05, 3.63) is 40.2 Å². The maximum absolute atomic E-state index is 12.1. The van der Waals surface area contributed by atoms with Crippen LogP contribution in [0, 0.1) is 6.92 Å². The first-order valence-electron chi connectivity index (χ1n) is 7.51. The number of benzene rings is 1. The predicted octanol–water partition coefficient (Wildman–Crippen LogP) is 0.816. The van der Waals surface area contributed by atoms with Gasteiger partial charge in [-0.2, -0.15) is 0 Å². The van der Waals surface area contributed by atoms with Crippen molar-refractivity contribution in [3.8, 4) is 0 Å². The van der Waals surface area contributed by atoms with E-state index in [9.17, 15) is 14.4 Å². The third-order valence-electron chi connectivity index (χ3n) is 3.55. The second-order valence-corrected chi connectivity index (χ2v) is 5.49. The molecule has 0 aliphatic heterocycles. The lowest BCUT2D eigenvalue weighted by atomic mass is 10.1. The molecule has 0 radical (unpaired) electrons. The number of carbonyl (C=O) groups is 2. The van der Waals surface area contributed by atoms with Gasteiger partial charge in [0.2, 0.25) is 5.91 Å². The van der Waals surface area contributed by atoms with E-state index in [0.717, 1.165) is 10.9 Å². The summed E-state index contributed by atoms with van der Waals surface area (Å²) in [5, 5.41) is 5.91. The van der Waals surface area contributed by atoms with Gasteiger partial charge in [-0.05, 0) is 37.5 Å². The fourth-order valence-electron chi connectivity index (χ4n) is 2.30. The number of hydrogen-bond donors (Lipinski definition) is 4. The zero-order chi connectivity index (χ0) is 17.7. The highest BCUT2D eigenvalue weighted by Gasteiger charge is 2.14. The molecule has 2 rings (SSSR count). The lowest BCUT2D eigenvalue weighted by Gasteiger charge is -2.12. The van der Waals surface area contributed by atoms with Gasteiger partial charge in [-0.1, -0.05) is 0 Å². The molecule has 6 N–H and O–H groups in total. The Bertz CT molecular complexity index is 815. The number of fused-ring (bicyclic) bond motifs is 1. The topological polar surface area (TPSA) is 140 Å². The summed E-state index contributed by atoms with van der Waals surface area (Å²) in [6, 6.07) is 5.15. The van der Waals surface area contributed by atoms with Crippen molar-refractivity contribution in [2.75, 3.05) is 11.9 Å². The van der Waals surface area contributed by atoms with Gasteiger partial charge in [0.15, 0.2) is 0 Å². The van der Waals surface area contributed by atoms with Gasteiger partial charge in [-0.15, -0.1) is 0 Å². The van der Waals surface area contributed by atoms with E-state index in [-0.39, 0.29) is 5.91 Å². The van der Waals surface area contributed by atoms with Crippen molar-refractivity contribution in [3.63, 3.8) is 0 Å². The van der Waals surface area contributed by atoms with Crippen molar-refractivity contribution in [1.82, 2.24) is 5.32 Å². The molecule has 3 amide bonds. The van der Waals surface area contributed by atoms with Gasteiger partial charge in [0.05, 0.1) is 6.04 Å². The molecular weight excluding hydrogens is 312 g/mol. The van der Waals surface area contributed by atoms with Crippen LogP contribution in [0.25, 0.3) is 11.0 Å². The quantitative estimate of drug-likeness (QED) is 0.458. The molecule has 0 aliphatic rings. The molecule has 0 saturated heterocycles. The maximum Gasteiger partial charge on any atom is 0.336 e. The van der Waals surface area contributed by atoms with E-state index >= 15 is 0 Å². The minimum absolute atomic E-state index is 0.358. The van der Waals surface area contributed by atoms with E-state index in [1.165, 1.54) is 6.07 Å². The summed E-state index contributed by atoms with van der Waals surface area (Å²) in [5.41, 5.74) is 12.0. The molecule has 1 aromatic heterocycles. The number of primary amides is 1. The maximum atomic E-state index is 12.1. The number of carbonyl (C=O) groups excluding carboxylic acids is 2. The van der Waals surface area contributed by atoms with Crippen molar-refractivity contribution < 1.29 is 14.0 Å². The van der Waals surface area contributed by atoms with E-state index in [0.29, 0.717) is 30.7 Å². The zero-order valence-corrected chi connectivity index (χ0v) is 13.3. The van der Waals surface area contributed by atoms with Crippen LogP contribution in [0.1, 0.15) is 18.4 Å². The fourth-order valence-corrected chi connectivity index (χ4v) is 2.30. The van der Waals surface area contributed by atoms with Crippen molar-refractivity contribution in [1.29, 1.82) is 0 Å². The first-order valence-corrected chi connectivity index (χ1v) is 7.51. The van der Waals surface area contributed by atoms with E-state index in [1.54, 1.807) is 18.2 Å². The van der Waals surface area contributed by atoms with E-state index in [4.69, 9.17) is 15.9 Å². The summed E-state index contributed by atoms with van der Waals surface area (Å²) in [5.74, 6) is -0.358. The van der Waals surface area contributed by atoms with E-state index < -0.39 is 17.7 Å². The van der Waals surface area contributed by atoms with Gasteiger partial charge in [-0.3, -0.25) is 4.79 Å². The fraction of sp³-hybridized carbons (Fsp3) is 0.312. The number of nitrogens with one attached hydrogen (secondary N) is 2. The third kappa shape index (κ3) is 4.56. The smallest absolute Gasteiger partial charge is 0.336 e. The molecule has 1 aromatic carbocycles. The molecular formula is C16H20N4O4. The van der Waals surface area contributed by atoms with Gasteiger partial charge in [-0.25, -0.2) is 9.59 Å². The van der Waals surface area contributed by atoms with Crippen LogP contribution in [0.3, 0.4) is 0 Å². The normalized spacial score (nSPS) is 11.9. The molecule has 0 bridgehead atoms. The van der Waals surface area contributed by atoms with Crippen molar-refractivity contribution in [2.45, 2.75) is 25.8 Å². The average molecular weight is 332 g/mol. The SMILES string of the molecule is Cc1cc(=O)oc2cc(NC(=O)C(N)CCCNC(N)=O)ccc12. The van der Waals surface area contributed by atoms with Gasteiger partial charge in [0.1, 0.15) is 5.58 Å². The highest BCUT2D eigenvalue weighted by molar-refractivity contribution is 5.96. The molecule has 8 heteroatoms. The Morgan fingerprint density at radius 1 is 1.29 bits per heavy atom. The highest BCUT2D eigenvalue weighted by atomic mass is 16.4. The molecule has 2 aromatic rings. The van der Waals surface area contributed by atoms with Crippen molar-refractivity contribution >= 4 is 28.6 Å². The summed E-state index contributed by atoms with van der Waals surface area (Å²) < 4.78 is 5.14. The predicted molar refractivity (Wildman–Crippen MR) is 90.6 cm³/mol. The highest BCUT2D eigenvalue weighted by Crippen LogP contribution is 2.20. The van der Waals surface area contributed by atoms with Gasteiger partial charge < -0.3 is 26.5 Å². The van der Waals surface area contributed by atoms with Crippen molar-refractivity contribution in [2.24, 2.45) is 11.5 Å². The minimum Gasteiger partial charge on any atom is -0.423 e. The largest absolute Gasteiger partial charge is 0.423 e. The van der Waals surface area contributed by atoms with Crippen LogP contribution < -0.4 is 27.7 Å². The molecule has 0 fully saturated rings. The summed E-state index contributed by atoms with van der Waals surface area (Å²) in [6.45, 7) is 2.17. The Kier molecular flexibility index (Phi) is 5.54. The van der Waals surface area contributed by atoms with Crippen LogP contribution in [0.2, 0.25) is 0 Å².